The van der Waals surface area contributed by atoms with E-state index in [1.165, 1.54) is 16.7 Å². The Morgan fingerprint density at radius 2 is 1.58 bits per heavy atom. The summed E-state index contributed by atoms with van der Waals surface area (Å²) in [5.74, 6) is -0.158. The first kappa shape index (κ1) is 19.1. The lowest BCUT2D eigenvalue weighted by Gasteiger charge is -2.10. The van der Waals surface area contributed by atoms with Crippen molar-refractivity contribution in [1.82, 2.24) is 24.1 Å². The fourth-order valence-corrected chi connectivity index (χ4v) is 3.94. The minimum absolute atomic E-state index is 0.198. The number of carbonyl (C=O) groups excluding carboxylic acids is 1. The Labute approximate surface area is 187 Å². The van der Waals surface area contributed by atoms with E-state index in [0.717, 1.165) is 16.6 Å². The largest absolute Gasteiger partial charge is 0.268 e. The first-order valence-corrected chi connectivity index (χ1v) is 10.4. The van der Waals surface area contributed by atoms with Crippen LogP contribution in [0.4, 0.5) is 4.39 Å². The Balaban J connectivity index is 1.63. The fourth-order valence-electron chi connectivity index (χ4n) is 3.94. The predicted octanol–water partition coefficient (Wildman–Crippen LogP) is 5.26. The second kappa shape index (κ2) is 7.49. The second-order valence-electron chi connectivity index (χ2n) is 7.58. The number of hydrogen-bond donors (Lipinski definition) is 0. The summed E-state index contributed by atoms with van der Waals surface area (Å²) in [5.41, 5.74) is 3.99. The molecule has 6 aromatic rings. The smallest absolute Gasteiger partial charge is 0.263 e. The summed E-state index contributed by atoms with van der Waals surface area (Å²) in [5, 5.41) is 0.694. The Hall–Kier alpha value is -4.65. The molecule has 0 saturated heterocycles. The van der Waals surface area contributed by atoms with Gasteiger partial charge in [-0.3, -0.25) is 13.9 Å². The van der Waals surface area contributed by atoms with Gasteiger partial charge in [-0.2, -0.15) is 4.98 Å². The standard InChI is InChI=1S/C26H16FN5O/c27-19-12-10-17(11-13-19)23-20-14-15-31(25(33)18-6-2-1-3-7-18)24(20)30-26(29-23)32-16-28-21-8-4-5-9-22(21)32/h1-16H. The monoisotopic (exact) mass is 433 g/mol. The van der Waals surface area contributed by atoms with E-state index in [1.807, 2.05) is 48.5 Å². The van der Waals surface area contributed by atoms with Gasteiger partial charge in [0.1, 0.15) is 12.1 Å². The molecule has 3 heterocycles. The Morgan fingerprint density at radius 3 is 2.39 bits per heavy atom. The summed E-state index contributed by atoms with van der Waals surface area (Å²) in [6.45, 7) is 0. The Morgan fingerprint density at radius 1 is 0.818 bits per heavy atom. The highest BCUT2D eigenvalue weighted by Gasteiger charge is 2.19. The maximum absolute atomic E-state index is 13.6. The number of para-hydroxylation sites is 2. The minimum atomic E-state index is -0.332. The summed E-state index contributed by atoms with van der Waals surface area (Å²) < 4.78 is 16.9. The molecule has 0 aliphatic heterocycles. The van der Waals surface area contributed by atoms with Crippen molar-refractivity contribution < 1.29 is 9.18 Å². The van der Waals surface area contributed by atoms with Gasteiger partial charge in [-0.25, -0.2) is 14.4 Å². The summed E-state index contributed by atoms with van der Waals surface area (Å²) in [6.07, 6.45) is 3.35. The molecule has 7 heteroatoms. The normalized spacial score (nSPS) is 11.3. The minimum Gasteiger partial charge on any atom is -0.268 e. The zero-order chi connectivity index (χ0) is 22.4. The Kier molecular flexibility index (Phi) is 4.33. The first-order valence-electron chi connectivity index (χ1n) is 10.4. The van der Waals surface area contributed by atoms with Crippen LogP contribution in [-0.2, 0) is 0 Å². The van der Waals surface area contributed by atoms with Crippen LogP contribution in [0.25, 0.3) is 39.3 Å². The molecule has 3 aromatic heterocycles. The zero-order valence-electron chi connectivity index (χ0n) is 17.3. The van der Waals surface area contributed by atoms with Crippen molar-refractivity contribution in [2.75, 3.05) is 0 Å². The average Bonchev–Trinajstić information content (AvgIpc) is 3.48. The number of halogens is 1. The SMILES string of the molecule is O=C(c1ccccc1)n1ccc2c(-c3ccc(F)cc3)nc(-n3cnc4ccccc43)nc21. The average molecular weight is 433 g/mol. The van der Waals surface area contributed by atoms with Gasteiger partial charge in [-0.15, -0.1) is 0 Å². The zero-order valence-corrected chi connectivity index (χ0v) is 17.3. The molecule has 0 bridgehead atoms. The van der Waals surface area contributed by atoms with E-state index in [-0.39, 0.29) is 11.7 Å². The molecular weight excluding hydrogens is 417 g/mol. The van der Waals surface area contributed by atoms with Crippen molar-refractivity contribution in [3.8, 4) is 17.2 Å². The number of rotatable bonds is 3. The number of fused-ring (bicyclic) bond motifs is 2. The maximum atomic E-state index is 13.6. The van der Waals surface area contributed by atoms with E-state index in [4.69, 9.17) is 9.97 Å². The van der Waals surface area contributed by atoms with Crippen LogP contribution in [-0.4, -0.2) is 30.0 Å². The fraction of sp³-hybridized carbons (Fsp3) is 0. The van der Waals surface area contributed by atoms with Gasteiger partial charge in [0.05, 0.1) is 16.7 Å². The molecule has 0 N–H and O–H groups in total. The number of hydrogen-bond acceptors (Lipinski definition) is 4. The van der Waals surface area contributed by atoms with Crippen molar-refractivity contribution in [3.63, 3.8) is 0 Å². The van der Waals surface area contributed by atoms with Crippen LogP contribution >= 0.6 is 0 Å². The lowest BCUT2D eigenvalue weighted by molar-refractivity contribution is 0.0964. The molecule has 0 spiro atoms. The molecule has 158 valence electrons. The molecule has 0 saturated carbocycles. The van der Waals surface area contributed by atoms with Crippen LogP contribution in [0.1, 0.15) is 10.4 Å². The third-order valence-electron chi connectivity index (χ3n) is 5.56. The number of aromatic nitrogens is 5. The van der Waals surface area contributed by atoms with Gasteiger partial charge in [0.25, 0.3) is 5.91 Å². The van der Waals surface area contributed by atoms with Crippen molar-refractivity contribution in [2.24, 2.45) is 0 Å². The lowest BCUT2D eigenvalue weighted by atomic mass is 10.1. The van der Waals surface area contributed by atoms with Crippen LogP contribution in [0.15, 0.2) is 97.5 Å². The van der Waals surface area contributed by atoms with Gasteiger partial charge in [-0.1, -0.05) is 30.3 Å². The molecule has 0 aliphatic carbocycles. The highest BCUT2D eigenvalue weighted by Crippen LogP contribution is 2.29. The highest BCUT2D eigenvalue weighted by molar-refractivity contribution is 6.03. The van der Waals surface area contributed by atoms with Gasteiger partial charge in [0, 0.05) is 22.7 Å². The number of imidazole rings is 1. The van der Waals surface area contributed by atoms with Crippen LogP contribution in [0.3, 0.4) is 0 Å². The summed E-state index contributed by atoms with van der Waals surface area (Å²) in [6, 6.07) is 24.6. The van der Waals surface area contributed by atoms with Crippen LogP contribution in [0.5, 0.6) is 0 Å². The van der Waals surface area contributed by atoms with Crippen LogP contribution < -0.4 is 0 Å². The molecule has 6 rings (SSSR count). The van der Waals surface area contributed by atoms with E-state index in [1.54, 1.807) is 41.4 Å². The van der Waals surface area contributed by atoms with E-state index < -0.39 is 0 Å². The summed E-state index contributed by atoms with van der Waals surface area (Å²) >= 11 is 0. The summed E-state index contributed by atoms with van der Waals surface area (Å²) in [7, 11) is 0. The molecule has 0 amide bonds. The Bertz CT molecular complexity index is 1630. The molecule has 33 heavy (non-hydrogen) atoms. The van der Waals surface area contributed by atoms with E-state index >= 15 is 0 Å². The van der Waals surface area contributed by atoms with Crippen molar-refractivity contribution in [3.05, 3.63) is 109 Å². The van der Waals surface area contributed by atoms with E-state index in [9.17, 15) is 9.18 Å². The van der Waals surface area contributed by atoms with Gasteiger partial charge in [0.2, 0.25) is 5.95 Å². The molecule has 3 aromatic carbocycles. The first-order chi connectivity index (χ1) is 16.2. The lowest BCUT2D eigenvalue weighted by Crippen LogP contribution is -2.12. The van der Waals surface area contributed by atoms with Crippen molar-refractivity contribution in [2.45, 2.75) is 0 Å². The van der Waals surface area contributed by atoms with E-state index in [2.05, 4.69) is 4.98 Å². The molecule has 0 atom stereocenters. The maximum Gasteiger partial charge on any atom is 0.263 e. The topological polar surface area (TPSA) is 65.6 Å². The molecule has 0 radical (unpaired) electrons. The van der Waals surface area contributed by atoms with Gasteiger partial charge < -0.3 is 0 Å². The second-order valence-corrected chi connectivity index (χ2v) is 7.58. The molecule has 0 fully saturated rings. The molecular formula is C26H16FN5O. The third-order valence-corrected chi connectivity index (χ3v) is 5.56. The van der Waals surface area contributed by atoms with Crippen LogP contribution in [0.2, 0.25) is 0 Å². The van der Waals surface area contributed by atoms with Crippen molar-refractivity contribution >= 4 is 28.0 Å². The van der Waals surface area contributed by atoms with Crippen LogP contribution in [0, 0.1) is 5.82 Å². The number of nitrogens with zero attached hydrogens (tertiary/aromatic N) is 5. The van der Waals surface area contributed by atoms with Crippen molar-refractivity contribution in [1.29, 1.82) is 0 Å². The molecule has 0 unspecified atom stereocenters. The van der Waals surface area contributed by atoms with Gasteiger partial charge in [0.15, 0.2) is 5.65 Å². The quantitative estimate of drug-likeness (QED) is 0.382. The number of carbonyl (C=O) groups is 1. The van der Waals surface area contributed by atoms with E-state index in [0.29, 0.717) is 28.2 Å². The van der Waals surface area contributed by atoms with Gasteiger partial charge in [-0.05, 0) is 54.6 Å². The van der Waals surface area contributed by atoms with Gasteiger partial charge >= 0.3 is 0 Å². The summed E-state index contributed by atoms with van der Waals surface area (Å²) in [4.78, 5) is 27.3. The number of benzene rings is 3. The molecule has 6 nitrogen and oxygen atoms in total. The highest BCUT2D eigenvalue weighted by atomic mass is 19.1. The third kappa shape index (κ3) is 3.18. The molecule has 0 aliphatic rings. The predicted molar refractivity (Wildman–Crippen MR) is 124 cm³/mol.